The zero-order valence-corrected chi connectivity index (χ0v) is 9.64. The molecule has 0 saturated carbocycles. The van der Waals surface area contributed by atoms with Crippen LogP contribution in [-0.4, -0.2) is 33.1 Å². The van der Waals surface area contributed by atoms with Crippen LogP contribution in [0.3, 0.4) is 0 Å². The first-order valence-corrected chi connectivity index (χ1v) is 5.34. The minimum Gasteiger partial charge on any atom is -0.457 e. The van der Waals surface area contributed by atoms with E-state index < -0.39 is 0 Å². The van der Waals surface area contributed by atoms with Crippen LogP contribution in [0, 0.1) is 0 Å². The predicted molar refractivity (Wildman–Crippen MR) is 62.1 cm³/mol. The second-order valence-corrected chi connectivity index (χ2v) is 3.68. The van der Waals surface area contributed by atoms with Crippen LogP contribution < -0.4 is 0 Å². The Hall–Kier alpha value is -1.65. The van der Waals surface area contributed by atoms with Gasteiger partial charge in [0.1, 0.15) is 13.4 Å². The highest BCUT2D eigenvalue weighted by Crippen LogP contribution is 2.26. The molecular formula is C13H14O4. The number of methoxy groups -OCH3 is 1. The molecule has 17 heavy (non-hydrogen) atoms. The highest BCUT2D eigenvalue weighted by molar-refractivity contribution is 6.19. The number of ether oxygens (including phenoxy) is 3. The van der Waals surface area contributed by atoms with Crippen molar-refractivity contribution in [3.63, 3.8) is 0 Å². The van der Waals surface area contributed by atoms with Crippen LogP contribution in [0.15, 0.2) is 35.9 Å². The highest BCUT2D eigenvalue weighted by atomic mass is 16.7. The molecule has 0 unspecified atom stereocenters. The van der Waals surface area contributed by atoms with Gasteiger partial charge in [-0.05, 0) is 5.56 Å². The number of carbonyl (C=O) groups is 1. The van der Waals surface area contributed by atoms with Gasteiger partial charge in [-0.15, -0.1) is 0 Å². The van der Waals surface area contributed by atoms with Crippen molar-refractivity contribution in [2.75, 3.05) is 27.1 Å². The first-order chi connectivity index (χ1) is 8.33. The summed E-state index contributed by atoms with van der Waals surface area (Å²) in [6.07, 6.45) is 0. The summed E-state index contributed by atoms with van der Waals surface area (Å²) in [4.78, 5) is 11.7. The quantitative estimate of drug-likeness (QED) is 0.441. The fourth-order valence-electron chi connectivity index (χ4n) is 1.73. The lowest BCUT2D eigenvalue weighted by Crippen LogP contribution is -2.03. The Balaban J connectivity index is 2.20. The Kier molecular flexibility index (Phi) is 3.90. The molecule has 4 nitrogen and oxygen atoms in total. The highest BCUT2D eigenvalue weighted by Gasteiger charge is 2.25. The number of benzene rings is 1. The van der Waals surface area contributed by atoms with Gasteiger partial charge in [0.25, 0.3) is 0 Å². The molecule has 0 radical (unpaired) electrons. The van der Waals surface area contributed by atoms with Crippen molar-refractivity contribution < 1.29 is 19.0 Å². The van der Waals surface area contributed by atoms with Crippen molar-refractivity contribution in [1.29, 1.82) is 0 Å². The van der Waals surface area contributed by atoms with Crippen LogP contribution >= 0.6 is 0 Å². The Morgan fingerprint density at radius 3 is 2.76 bits per heavy atom. The second-order valence-electron chi connectivity index (χ2n) is 3.68. The van der Waals surface area contributed by atoms with Gasteiger partial charge in [0.15, 0.2) is 0 Å². The summed E-state index contributed by atoms with van der Waals surface area (Å²) in [5, 5.41) is 0. The van der Waals surface area contributed by atoms with E-state index >= 15 is 0 Å². The van der Waals surface area contributed by atoms with Crippen LogP contribution in [0.25, 0.3) is 5.57 Å². The zero-order chi connectivity index (χ0) is 12.1. The van der Waals surface area contributed by atoms with Gasteiger partial charge in [-0.3, -0.25) is 0 Å². The van der Waals surface area contributed by atoms with Crippen LogP contribution in [0.5, 0.6) is 0 Å². The van der Waals surface area contributed by atoms with Gasteiger partial charge in [-0.2, -0.15) is 0 Å². The van der Waals surface area contributed by atoms with Crippen LogP contribution in [-0.2, 0) is 19.0 Å². The fourth-order valence-corrected chi connectivity index (χ4v) is 1.73. The van der Waals surface area contributed by atoms with E-state index in [1.165, 1.54) is 0 Å². The monoisotopic (exact) mass is 234 g/mol. The van der Waals surface area contributed by atoms with Gasteiger partial charge >= 0.3 is 5.97 Å². The molecule has 1 aromatic rings. The van der Waals surface area contributed by atoms with E-state index in [1.807, 2.05) is 30.3 Å². The van der Waals surface area contributed by atoms with Gasteiger partial charge in [-0.1, -0.05) is 30.3 Å². The minimum absolute atomic E-state index is 0.208. The number of hydrogen-bond acceptors (Lipinski definition) is 4. The average Bonchev–Trinajstić information content (AvgIpc) is 2.72. The first kappa shape index (κ1) is 11.8. The summed E-state index contributed by atoms with van der Waals surface area (Å²) in [5.74, 6) is -0.285. The lowest BCUT2D eigenvalue weighted by molar-refractivity contribution is -0.134. The van der Waals surface area contributed by atoms with E-state index in [4.69, 9.17) is 14.2 Å². The maximum atomic E-state index is 11.7. The zero-order valence-electron chi connectivity index (χ0n) is 9.64. The van der Waals surface area contributed by atoms with E-state index in [-0.39, 0.29) is 12.8 Å². The van der Waals surface area contributed by atoms with Crippen molar-refractivity contribution in [1.82, 2.24) is 0 Å². The van der Waals surface area contributed by atoms with Crippen molar-refractivity contribution in [3.8, 4) is 0 Å². The molecule has 0 aromatic heterocycles. The van der Waals surface area contributed by atoms with Gasteiger partial charge in [0.2, 0.25) is 0 Å². The van der Waals surface area contributed by atoms with Crippen LogP contribution in [0.1, 0.15) is 5.56 Å². The van der Waals surface area contributed by atoms with E-state index in [1.54, 1.807) is 7.11 Å². The molecule has 2 rings (SSSR count). The molecule has 0 N–H and O–H groups in total. The SMILES string of the molecule is COCOCC1=C(c2ccccc2)C(=O)OC1. The average molecular weight is 234 g/mol. The molecule has 1 aliphatic rings. The minimum atomic E-state index is -0.285. The summed E-state index contributed by atoms with van der Waals surface area (Å²) >= 11 is 0. The van der Waals surface area contributed by atoms with Gasteiger partial charge in [0.05, 0.1) is 12.2 Å². The van der Waals surface area contributed by atoms with Gasteiger partial charge in [0, 0.05) is 12.7 Å². The fraction of sp³-hybridized carbons (Fsp3) is 0.308. The molecule has 90 valence electrons. The van der Waals surface area contributed by atoms with Gasteiger partial charge < -0.3 is 14.2 Å². The van der Waals surface area contributed by atoms with E-state index in [2.05, 4.69) is 0 Å². The molecule has 1 aliphatic heterocycles. The number of hydrogen-bond donors (Lipinski definition) is 0. The van der Waals surface area contributed by atoms with Crippen LogP contribution in [0.4, 0.5) is 0 Å². The largest absolute Gasteiger partial charge is 0.457 e. The van der Waals surface area contributed by atoms with E-state index in [0.717, 1.165) is 11.1 Å². The van der Waals surface area contributed by atoms with E-state index in [0.29, 0.717) is 18.8 Å². The van der Waals surface area contributed by atoms with Crippen molar-refractivity contribution in [2.45, 2.75) is 0 Å². The summed E-state index contributed by atoms with van der Waals surface area (Å²) < 4.78 is 15.1. The Morgan fingerprint density at radius 2 is 2.06 bits per heavy atom. The Bertz CT molecular complexity index is 422. The smallest absolute Gasteiger partial charge is 0.339 e. The third kappa shape index (κ3) is 2.72. The Labute approximate surface area is 99.8 Å². The normalized spacial score (nSPS) is 15.2. The summed E-state index contributed by atoms with van der Waals surface area (Å²) in [6.45, 7) is 0.857. The third-order valence-electron chi connectivity index (χ3n) is 2.48. The molecule has 0 atom stereocenters. The first-order valence-electron chi connectivity index (χ1n) is 5.34. The molecule has 1 heterocycles. The molecule has 0 saturated heterocycles. The number of carbonyl (C=O) groups excluding carboxylic acids is 1. The van der Waals surface area contributed by atoms with Crippen molar-refractivity contribution >= 4 is 11.5 Å². The molecule has 0 aliphatic carbocycles. The standard InChI is InChI=1S/C13H14O4/c1-15-9-16-7-11-8-17-13(14)12(11)10-5-3-2-4-6-10/h2-6H,7-9H2,1H3. The molecule has 4 heteroatoms. The molecule has 1 aromatic carbocycles. The predicted octanol–water partition coefficient (Wildman–Crippen LogP) is 1.62. The molecule has 0 amide bonds. The molecule has 0 bridgehead atoms. The molecule has 0 fully saturated rings. The third-order valence-corrected chi connectivity index (χ3v) is 2.48. The van der Waals surface area contributed by atoms with Crippen molar-refractivity contribution in [3.05, 3.63) is 41.5 Å². The lowest BCUT2D eigenvalue weighted by atomic mass is 10.0. The second kappa shape index (κ2) is 5.61. The molecular weight excluding hydrogens is 220 g/mol. The maximum Gasteiger partial charge on any atom is 0.339 e. The topological polar surface area (TPSA) is 44.8 Å². The van der Waals surface area contributed by atoms with E-state index in [9.17, 15) is 4.79 Å². The Morgan fingerprint density at radius 1 is 1.29 bits per heavy atom. The number of rotatable bonds is 5. The number of cyclic esters (lactones) is 1. The molecule has 0 spiro atoms. The maximum absolute atomic E-state index is 11.7. The van der Waals surface area contributed by atoms with Gasteiger partial charge in [-0.25, -0.2) is 4.79 Å². The summed E-state index contributed by atoms with van der Waals surface area (Å²) in [5.41, 5.74) is 2.34. The van der Waals surface area contributed by atoms with Crippen LogP contribution in [0.2, 0.25) is 0 Å². The van der Waals surface area contributed by atoms with Crippen molar-refractivity contribution in [2.24, 2.45) is 0 Å². The number of esters is 1. The summed E-state index contributed by atoms with van der Waals surface area (Å²) in [7, 11) is 1.56. The summed E-state index contributed by atoms with van der Waals surface area (Å²) in [6, 6.07) is 9.46. The lowest BCUT2D eigenvalue weighted by Gasteiger charge is -2.04.